The van der Waals surface area contributed by atoms with Crippen molar-refractivity contribution in [2.75, 3.05) is 92.3 Å². The van der Waals surface area contributed by atoms with E-state index in [1.54, 1.807) is 0 Å². The molecule has 0 aromatic carbocycles. The molecule has 3 amide bonds. The number of amides is 3. The molecule has 271 valence electrons. The zero-order valence-electron chi connectivity index (χ0n) is 28.9. The summed E-state index contributed by atoms with van der Waals surface area (Å²) in [4.78, 5) is 35.3. The van der Waals surface area contributed by atoms with Crippen LogP contribution >= 0.6 is 0 Å². The van der Waals surface area contributed by atoms with E-state index < -0.39 is 0 Å². The van der Waals surface area contributed by atoms with E-state index >= 15 is 0 Å². The third kappa shape index (κ3) is 36.6. The SMILES string of the molecule is CCCCCCCCCCCCCCCCCC(=O)NCCOCCOCC(=O)NCCOCCOCC(=O)NCCOCC[O]. The molecule has 12 nitrogen and oxygen atoms in total. The lowest BCUT2D eigenvalue weighted by Gasteiger charge is -2.09. The summed E-state index contributed by atoms with van der Waals surface area (Å²) in [5.41, 5.74) is 0. The molecular weight excluding hydrogens is 594 g/mol. The number of carbonyl (C=O) groups excluding carboxylic acids is 3. The van der Waals surface area contributed by atoms with Gasteiger partial charge in [-0.2, -0.15) is 0 Å². The minimum Gasteiger partial charge on any atom is -0.377 e. The first-order valence-electron chi connectivity index (χ1n) is 17.9. The zero-order chi connectivity index (χ0) is 33.6. The van der Waals surface area contributed by atoms with Gasteiger partial charge in [-0.15, -0.1) is 0 Å². The maximum atomic E-state index is 12.0. The molecule has 0 saturated heterocycles. The average molecular weight is 661 g/mol. The standard InChI is InChI=1S/C34H66N3O9/c1-2-3-4-5-6-7-8-9-10-11-12-13-14-15-16-17-32(39)35-18-23-43-26-28-45-31-34(41)37-20-24-44-27-29-46-30-33(40)36-19-22-42-25-21-38/h2-31H2,1H3,(H,35,39)(H,36,40)(H,37,41). The van der Waals surface area contributed by atoms with Crippen molar-refractivity contribution in [2.24, 2.45) is 0 Å². The smallest absolute Gasteiger partial charge is 0.246 e. The van der Waals surface area contributed by atoms with Gasteiger partial charge in [0.1, 0.15) is 19.8 Å². The molecule has 0 aromatic heterocycles. The van der Waals surface area contributed by atoms with Gasteiger partial charge in [0, 0.05) is 26.1 Å². The number of carbonyl (C=O) groups is 3. The molecule has 0 fully saturated rings. The lowest BCUT2D eigenvalue weighted by Crippen LogP contribution is -2.32. The summed E-state index contributed by atoms with van der Waals surface area (Å²) >= 11 is 0. The molecule has 0 spiro atoms. The maximum absolute atomic E-state index is 12.0. The van der Waals surface area contributed by atoms with E-state index in [0.717, 1.165) is 12.8 Å². The van der Waals surface area contributed by atoms with Crippen molar-refractivity contribution in [3.8, 4) is 0 Å². The van der Waals surface area contributed by atoms with Gasteiger partial charge in [0.25, 0.3) is 0 Å². The Morgan fingerprint density at radius 3 is 1.17 bits per heavy atom. The number of unbranched alkanes of at least 4 members (excludes halogenated alkanes) is 14. The second kappa shape index (κ2) is 37.6. The molecule has 0 saturated carbocycles. The predicted octanol–water partition coefficient (Wildman–Crippen LogP) is 4.11. The Labute approximate surface area is 278 Å². The Hall–Kier alpha value is -1.83. The molecule has 0 heterocycles. The van der Waals surface area contributed by atoms with E-state index in [4.69, 9.17) is 23.7 Å². The topological polar surface area (TPSA) is 153 Å². The fourth-order valence-corrected chi connectivity index (χ4v) is 4.57. The van der Waals surface area contributed by atoms with E-state index in [2.05, 4.69) is 22.9 Å². The fourth-order valence-electron chi connectivity index (χ4n) is 4.57. The highest BCUT2D eigenvalue weighted by Crippen LogP contribution is 2.13. The summed E-state index contributed by atoms with van der Waals surface area (Å²) in [5, 5.41) is 18.4. The predicted molar refractivity (Wildman–Crippen MR) is 178 cm³/mol. The second-order valence-electron chi connectivity index (χ2n) is 11.4. The third-order valence-corrected chi connectivity index (χ3v) is 7.15. The van der Waals surface area contributed by atoms with Crippen LogP contribution < -0.4 is 16.0 Å². The van der Waals surface area contributed by atoms with Crippen molar-refractivity contribution in [3.63, 3.8) is 0 Å². The molecule has 1 radical (unpaired) electrons. The molecule has 12 heteroatoms. The third-order valence-electron chi connectivity index (χ3n) is 7.15. The molecule has 0 aliphatic heterocycles. The molecule has 0 rings (SSSR count). The number of hydrogen-bond donors (Lipinski definition) is 3. The second-order valence-corrected chi connectivity index (χ2v) is 11.4. The molecule has 0 aromatic rings. The van der Waals surface area contributed by atoms with Gasteiger partial charge in [0.05, 0.1) is 52.9 Å². The minimum absolute atomic E-state index is 0.0699. The van der Waals surface area contributed by atoms with Gasteiger partial charge in [0.2, 0.25) is 17.7 Å². The van der Waals surface area contributed by atoms with Gasteiger partial charge in [-0.3, -0.25) is 14.4 Å². The van der Waals surface area contributed by atoms with Crippen LogP contribution in [0.5, 0.6) is 0 Å². The van der Waals surface area contributed by atoms with E-state index in [1.165, 1.54) is 83.5 Å². The average Bonchev–Trinajstić information content (AvgIpc) is 3.05. The number of nitrogens with one attached hydrogen (secondary N) is 3. The van der Waals surface area contributed by atoms with Crippen LogP contribution in [-0.2, 0) is 43.2 Å². The molecule has 0 aliphatic carbocycles. The van der Waals surface area contributed by atoms with Gasteiger partial charge < -0.3 is 39.6 Å². The van der Waals surface area contributed by atoms with Crippen LogP contribution in [0.25, 0.3) is 0 Å². The number of rotatable bonds is 37. The maximum Gasteiger partial charge on any atom is 0.246 e. The summed E-state index contributed by atoms with van der Waals surface area (Å²) in [6, 6.07) is 0. The largest absolute Gasteiger partial charge is 0.377 e. The summed E-state index contributed by atoms with van der Waals surface area (Å²) in [6.45, 7) is 5.27. The summed E-state index contributed by atoms with van der Waals surface area (Å²) in [5.74, 6) is -0.445. The normalized spacial score (nSPS) is 11.1. The fraction of sp³-hybridized carbons (Fsp3) is 0.912. The van der Waals surface area contributed by atoms with Crippen molar-refractivity contribution in [1.29, 1.82) is 0 Å². The van der Waals surface area contributed by atoms with Crippen LogP contribution in [0.3, 0.4) is 0 Å². The van der Waals surface area contributed by atoms with Crippen molar-refractivity contribution in [1.82, 2.24) is 16.0 Å². The highest BCUT2D eigenvalue weighted by Gasteiger charge is 2.04. The van der Waals surface area contributed by atoms with Crippen LogP contribution in [-0.4, -0.2) is 110 Å². The molecule has 0 unspecified atom stereocenters. The lowest BCUT2D eigenvalue weighted by molar-refractivity contribution is -0.127. The Bertz CT molecular complexity index is 686. The van der Waals surface area contributed by atoms with Crippen LogP contribution in [0, 0.1) is 0 Å². The number of hydrogen-bond acceptors (Lipinski definition) is 8. The quantitative estimate of drug-likeness (QED) is 0.0842. The summed E-state index contributed by atoms with van der Waals surface area (Å²) in [7, 11) is 0. The van der Waals surface area contributed by atoms with Crippen molar-refractivity contribution in [3.05, 3.63) is 0 Å². The first kappa shape index (κ1) is 44.2. The monoisotopic (exact) mass is 660 g/mol. The molecule has 0 bridgehead atoms. The van der Waals surface area contributed by atoms with Crippen molar-refractivity contribution < 1.29 is 43.2 Å². The van der Waals surface area contributed by atoms with Gasteiger partial charge in [-0.1, -0.05) is 96.8 Å². The van der Waals surface area contributed by atoms with Crippen molar-refractivity contribution >= 4 is 17.7 Å². The first-order valence-corrected chi connectivity index (χ1v) is 17.9. The number of ether oxygens (including phenoxy) is 5. The van der Waals surface area contributed by atoms with Gasteiger partial charge in [0.15, 0.2) is 0 Å². The minimum atomic E-state index is -0.298. The summed E-state index contributed by atoms with van der Waals surface area (Å²) in [6.07, 6.45) is 20.2. The zero-order valence-corrected chi connectivity index (χ0v) is 28.9. The Morgan fingerprint density at radius 2 is 0.761 bits per heavy atom. The molecule has 46 heavy (non-hydrogen) atoms. The van der Waals surface area contributed by atoms with Crippen LogP contribution in [0.4, 0.5) is 0 Å². The van der Waals surface area contributed by atoms with Crippen molar-refractivity contribution in [2.45, 2.75) is 110 Å². The van der Waals surface area contributed by atoms with E-state index in [9.17, 15) is 19.5 Å². The highest BCUT2D eigenvalue weighted by atomic mass is 16.5. The van der Waals surface area contributed by atoms with E-state index in [-0.39, 0.29) is 57.4 Å². The van der Waals surface area contributed by atoms with Crippen LogP contribution in [0.15, 0.2) is 0 Å². The molecule has 0 aliphatic rings. The van der Waals surface area contributed by atoms with Gasteiger partial charge in [-0.05, 0) is 6.42 Å². The first-order chi connectivity index (χ1) is 22.6. The molecule has 3 N–H and O–H groups in total. The summed E-state index contributed by atoms with van der Waals surface area (Å²) < 4.78 is 26.3. The van der Waals surface area contributed by atoms with Gasteiger partial charge in [-0.25, -0.2) is 5.11 Å². The molecular formula is C34H66N3O9. The lowest BCUT2D eigenvalue weighted by atomic mass is 10.0. The van der Waals surface area contributed by atoms with E-state index in [0.29, 0.717) is 59.1 Å². The van der Waals surface area contributed by atoms with Gasteiger partial charge >= 0.3 is 0 Å². The Kier molecular flexibility index (Phi) is 36.1. The Balaban J connectivity index is 3.29. The highest BCUT2D eigenvalue weighted by molar-refractivity contribution is 5.77. The molecule has 0 atom stereocenters. The van der Waals surface area contributed by atoms with Crippen LogP contribution in [0.1, 0.15) is 110 Å². The van der Waals surface area contributed by atoms with Crippen LogP contribution in [0.2, 0.25) is 0 Å². The Morgan fingerprint density at radius 1 is 0.413 bits per heavy atom. The van der Waals surface area contributed by atoms with E-state index in [1.807, 2.05) is 0 Å².